The van der Waals surface area contributed by atoms with E-state index in [1.165, 1.54) is 4.90 Å². The van der Waals surface area contributed by atoms with E-state index in [0.29, 0.717) is 22.7 Å². The Morgan fingerprint density at radius 2 is 1.85 bits per heavy atom. The summed E-state index contributed by atoms with van der Waals surface area (Å²) in [4.78, 5) is 40.3. The van der Waals surface area contributed by atoms with Crippen molar-refractivity contribution >= 4 is 29.1 Å². The number of aryl methyl sites for hydroxylation is 1. The van der Waals surface area contributed by atoms with E-state index in [4.69, 9.17) is 4.74 Å². The lowest BCUT2D eigenvalue weighted by atomic mass is 10.0. The molecule has 7 nitrogen and oxygen atoms in total. The van der Waals surface area contributed by atoms with Crippen molar-refractivity contribution in [2.75, 3.05) is 16.8 Å². The molecule has 2 aromatic rings. The molecule has 1 aliphatic carbocycles. The molecule has 0 unspecified atom stereocenters. The molecule has 1 heterocycles. The maximum absolute atomic E-state index is 13.2. The van der Waals surface area contributed by atoms with Gasteiger partial charge >= 0.3 is 0 Å². The van der Waals surface area contributed by atoms with Crippen LogP contribution in [0.15, 0.2) is 36.4 Å². The number of anilines is 2. The second kappa shape index (κ2) is 8.89. The summed E-state index contributed by atoms with van der Waals surface area (Å²) < 4.78 is 5.91. The number of hydrogen-bond donors (Lipinski definition) is 2. The van der Waals surface area contributed by atoms with Gasteiger partial charge in [0.2, 0.25) is 5.91 Å². The van der Waals surface area contributed by atoms with Crippen LogP contribution in [0.1, 0.15) is 61.0 Å². The van der Waals surface area contributed by atoms with Gasteiger partial charge in [-0.1, -0.05) is 25.0 Å². The van der Waals surface area contributed by atoms with Crippen molar-refractivity contribution in [1.82, 2.24) is 5.32 Å². The zero-order valence-corrected chi connectivity index (χ0v) is 19.7. The molecular weight excluding hydrogens is 418 g/mol. The zero-order valence-electron chi connectivity index (χ0n) is 19.7. The SMILES string of the molecule is Cc1cccc(NC(=O)CN2C(=O)C(C)(C)Oc3ccc(C(=O)NC4CCCC4)cc32)c1C. The molecule has 4 rings (SSSR count). The molecule has 2 N–H and O–H groups in total. The third kappa shape index (κ3) is 4.72. The van der Waals surface area contributed by atoms with Gasteiger partial charge in [0.25, 0.3) is 11.8 Å². The van der Waals surface area contributed by atoms with Crippen LogP contribution in [0.25, 0.3) is 0 Å². The molecule has 0 atom stereocenters. The van der Waals surface area contributed by atoms with Crippen molar-refractivity contribution < 1.29 is 19.1 Å². The summed E-state index contributed by atoms with van der Waals surface area (Å²) >= 11 is 0. The van der Waals surface area contributed by atoms with Crippen molar-refractivity contribution in [2.45, 2.75) is 65.0 Å². The van der Waals surface area contributed by atoms with Crippen LogP contribution in [0.4, 0.5) is 11.4 Å². The maximum atomic E-state index is 13.2. The van der Waals surface area contributed by atoms with Crippen molar-refractivity contribution in [3.63, 3.8) is 0 Å². The highest BCUT2D eigenvalue weighted by Gasteiger charge is 2.42. The second-order valence-corrected chi connectivity index (χ2v) is 9.44. The quantitative estimate of drug-likeness (QED) is 0.719. The molecule has 2 aromatic carbocycles. The molecule has 1 fully saturated rings. The molecule has 174 valence electrons. The lowest BCUT2D eigenvalue weighted by Crippen LogP contribution is -2.54. The summed E-state index contributed by atoms with van der Waals surface area (Å²) in [6, 6.07) is 10.9. The van der Waals surface area contributed by atoms with Gasteiger partial charge in [-0.3, -0.25) is 19.3 Å². The van der Waals surface area contributed by atoms with Crippen LogP contribution < -0.4 is 20.3 Å². The second-order valence-electron chi connectivity index (χ2n) is 9.44. The van der Waals surface area contributed by atoms with Crippen LogP contribution in [0.3, 0.4) is 0 Å². The Morgan fingerprint density at radius 3 is 2.58 bits per heavy atom. The van der Waals surface area contributed by atoms with Gasteiger partial charge in [-0.2, -0.15) is 0 Å². The summed E-state index contributed by atoms with van der Waals surface area (Å²) in [7, 11) is 0. The average molecular weight is 450 g/mol. The van der Waals surface area contributed by atoms with Crippen molar-refractivity contribution in [3.05, 3.63) is 53.1 Å². The fourth-order valence-electron chi connectivity index (χ4n) is 4.42. The highest BCUT2D eigenvalue weighted by atomic mass is 16.5. The van der Waals surface area contributed by atoms with Gasteiger partial charge in [0.1, 0.15) is 12.3 Å². The van der Waals surface area contributed by atoms with Gasteiger partial charge in [-0.15, -0.1) is 0 Å². The van der Waals surface area contributed by atoms with E-state index in [2.05, 4.69) is 10.6 Å². The van der Waals surface area contributed by atoms with Gasteiger partial charge in [0, 0.05) is 17.3 Å². The number of carbonyl (C=O) groups is 3. The van der Waals surface area contributed by atoms with Gasteiger partial charge in [0.15, 0.2) is 5.60 Å². The number of benzene rings is 2. The van der Waals surface area contributed by atoms with E-state index >= 15 is 0 Å². The van der Waals surface area contributed by atoms with Crippen LogP contribution in [-0.2, 0) is 9.59 Å². The topological polar surface area (TPSA) is 87.7 Å². The Hall–Kier alpha value is -3.35. The van der Waals surface area contributed by atoms with E-state index in [-0.39, 0.29) is 30.3 Å². The Labute approximate surface area is 194 Å². The number of ether oxygens (including phenoxy) is 1. The molecule has 0 bridgehead atoms. The first-order valence-corrected chi connectivity index (χ1v) is 11.5. The standard InChI is InChI=1S/C26H31N3O4/c1-16-8-7-11-20(17(16)2)28-23(30)15-29-21-14-18(24(31)27-19-9-5-6-10-19)12-13-22(21)33-26(3,4)25(29)32/h7-8,11-14,19H,5-6,9-10,15H2,1-4H3,(H,27,31)(H,28,30). The van der Waals surface area contributed by atoms with E-state index < -0.39 is 5.60 Å². The molecule has 3 amide bonds. The number of nitrogens with zero attached hydrogens (tertiary/aromatic N) is 1. The van der Waals surface area contributed by atoms with E-state index in [1.54, 1.807) is 32.0 Å². The molecule has 33 heavy (non-hydrogen) atoms. The molecule has 0 saturated heterocycles. The van der Waals surface area contributed by atoms with Crippen LogP contribution in [0, 0.1) is 13.8 Å². The number of rotatable bonds is 5. The third-order valence-corrected chi connectivity index (χ3v) is 6.51. The molecule has 1 aliphatic heterocycles. The smallest absolute Gasteiger partial charge is 0.271 e. The monoisotopic (exact) mass is 449 g/mol. The Balaban J connectivity index is 1.59. The lowest BCUT2D eigenvalue weighted by molar-refractivity contribution is -0.133. The first-order valence-electron chi connectivity index (χ1n) is 11.5. The molecule has 2 aliphatic rings. The highest BCUT2D eigenvalue weighted by Crippen LogP contribution is 2.38. The summed E-state index contributed by atoms with van der Waals surface area (Å²) in [6.45, 7) is 7.09. The van der Waals surface area contributed by atoms with E-state index in [1.807, 2.05) is 32.0 Å². The first kappa shape index (κ1) is 22.8. The minimum absolute atomic E-state index is 0.179. The molecular formula is C26H31N3O4. The Morgan fingerprint density at radius 1 is 1.12 bits per heavy atom. The summed E-state index contributed by atoms with van der Waals surface area (Å²) in [5.74, 6) is -0.362. The number of fused-ring (bicyclic) bond motifs is 1. The zero-order chi connectivity index (χ0) is 23.8. The van der Waals surface area contributed by atoms with E-state index in [9.17, 15) is 14.4 Å². The molecule has 7 heteroatoms. The summed E-state index contributed by atoms with van der Waals surface area (Å²) in [5, 5.41) is 5.98. The fraction of sp³-hybridized carbons (Fsp3) is 0.423. The number of hydrogen-bond acceptors (Lipinski definition) is 4. The maximum Gasteiger partial charge on any atom is 0.271 e. The van der Waals surface area contributed by atoms with Gasteiger partial charge in [0.05, 0.1) is 5.69 Å². The molecule has 0 radical (unpaired) electrons. The van der Waals surface area contributed by atoms with Crippen molar-refractivity contribution in [2.24, 2.45) is 0 Å². The minimum Gasteiger partial charge on any atom is -0.476 e. The number of nitrogens with one attached hydrogen (secondary N) is 2. The average Bonchev–Trinajstić information content (AvgIpc) is 3.27. The highest BCUT2D eigenvalue weighted by molar-refractivity contribution is 6.08. The van der Waals surface area contributed by atoms with Crippen molar-refractivity contribution in [1.29, 1.82) is 0 Å². The van der Waals surface area contributed by atoms with Gasteiger partial charge < -0.3 is 15.4 Å². The number of amides is 3. The third-order valence-electron chi connectivity index (χ3n) is 6.51. The summed E-state index contributed by atoms with van der Waals surface area (Å²) in [6.07, 6.45) is 4.21. The van der Waals surface area contributed by atoms with Crippen LogP contribution in [-0.4, -0.2) is 35.9 Å². The van der Waals surface area contributed by atoms with E-state index in [0.717, 1.165) is 36.8 Å². The minimum atomic E-state index is -1.12. The predicted molar refractivity (Wildman–Crippen MR) is 128 cm³/mol. The van der Waals surface area contributed by atoms with Gasteiger partial charge in [-0.05, 0) is 75.9 Å². The van der Waals surface area contributed by atoms with Gasteiger partial charge in [-0.25, -0.2) is 0 Å². The number of carbonyl (C=O) groups excluding carboxylic acids is 3. The van der Waals surface area contributed by atoms with Crippen molar-refractivity contribution in [3.8, 4) is 5.75 Å². The van der Waals surface area contributed by atoms with Crippen LogP contribution in [0.2, 0.25) is 0 Å². The Kier molecular flexibility index (Phi) is 6.15. The lowest BCUT2D eigenvalue weighted by Gasteiger charge is -2.38. The normalized spacial score (nSPS) is 17.3. The fourth-order valence-corrected chi connectivity index (χ4v) is 4.42. The first-order chi connectivity index (χ1) is 15.7. The molecule has 0 aromatic heterocycles. The predicted octanol–water partition coefficient (Wildman–Crippen LogP) is 4.12. The molecule has 1 saturated carbocycles. The summed E-state index contributed by atoms with van der Waals surface area (Å²) in [5.41, 5.74) is 2.50. The Bertz CT molecular complexity index is 1100. The van der Waals surface area contributed by atoms with Crippen LogP contribution in [0.5, 0.6) is 5.75 Å². The van der Waals surface area contributed by atoms with Crippen LogP contribution >= 0.6 is 0 Å². The largest absolute Gasteiger partial charge is 0.476 e. The molecule has 0 spiro atoms.